The molecule has 0 unspecified atom stereocenters. The third-order valence-corrected chi connectivity index (χ3v) is 2.54. The SMILES string of the molecule is COc1ccc(C(=O)CCCC(N)=O)c(OC)c1. The predicted molar refractivity (Wildman–Crippen MR) is 66.9 cm³/mol. The second-order valence-electron chi connectivity index (χ2n) is 3.81. The van der Waals surface area contributed by atoms with Crippen molar-refractivity contribution in [2.45, 2.75) is 19.3 Å². The van der Waals surface area contributed by atoms with Crippen molar-refractivity contribution in [1.82, 2.24) is 0 Å². The zero-order valence-electron chi connectivity index (χ0n) is 10.6. The van der Waals surface area contributed by atoms with E-state index >= 15 is 0 Å². The first-order valence-corrected chi connectivity index (χ1v) is 5.62. The fourth-order valence-electron chi connectivity index (χ4n) is 1.59. The van der Waals surface area contributed by atoms with E-state index in [4.69, 9.17) is 15.2 Å². The zero-order chi connectivity index (χ0) is 13.5. The normalized spacial score (nSPS) is 9.89. The highest BCUT2D eigenvalue weighted by atomic mass is 16.5. The largest absolute Gasteiger partial charge is 0.497 e. The van der Waals surface area contributed by atoms with Crippen LogP contribution < -0.4 is 15.2 Å². The molecule has 1 aromatic carbocycles. The first-order chi connectivity index (χ1) is 8.58. The van der Waals surface area contributed by atoms with Crippen LogP contribution >= 0.6 is 0 Å². The Kier molecular flexibility index (Phi) is 5.17. The van der Waals surface area contributed by atoms with Crippen molar-refractivity contribution in [3.63, 3.8) is 0 Å². The molecular formula is C13H17NO4. The lowest BCUT2D eigenvalue weighted by Gasteiger charge is -2.09. The van der Waals surface area contributed by atoms with Crippen molar-refractivity contribution in [3.8, 4) is 11.5 Å². The van der Waals surface area contributed by atoms with Gasteiger partial charge in [0.1, 0.15) is 11.5 Å². The first kappa shape index (κ1) is 14.0. The second-order valence-corrected chi connectivity index (χ2v) is 3.81. The summed E-state index contributed by atoms with van der Waals surface area (Å²) in [6.07, 6.45) is 0.930. The fourth-order valence-corrected chi connectivity index (χ4v) is 1.59. The van der Waals surface area contributed by atoms with Gasteiger partial charge in [0.25, 0.3) is 0 Å². The Morgan fingerprint density at radius 1 is 1.17 bits per heavy atom. The lowest BCUT2D eigenvalue weighted by Crippen LogP contribution is -2.11. The van der Waals surface area contributed by atoms with Crippen molar-refractivity contribution >= 4 is 11.7 Å². The van der Waals surface area contributed by atoms with E-state index in [2.05, 4.69) is 0 Å². The second kappa shape index (κ2) is 6.64. The Balaban J connectivity index is 2.75. The van der Waals surface area contributed by atoms with Gasteiger partial charge in [0.05, 0.1) is 19.8 Å². The van der Waals surface area contributed by atoms with Crippen LogP contribution in [0.4, 0.5) is 0 Å². The predicted octanol–water partition coefficient (Wildman–Crippen LogP) is 1.54. The number of methoxy groups -OCH3 is 2. The zero-order valence-corrected chi connectivity index (χ0v) is 10.6. The molecule has 5 nitrogen and oxygen atoms in total. The van der Waals surface area contributed by atoms with Gasteiger partial charge in [-0.1, -0.05) is 0 Å². The van der Waals surface area contributed by atoms with Crippen LogP contribution in [0.1, 0.15) is 29.6 Å². The topological polar surface area (TPSA) is 78.6 Å². The first-order valence-electron chi connectivity index (χ1n) is 5.62. The van der Waals surface area contributed by atoms with Gasteiger partial charge in [0, 0.05) is 18.9 Å². The highest BCUT2D eigenvalue weighted by Gasteiger charge is 2.13. The third-order valence-electron chi connectivity index (χ3n) is 2.54. The summed E-state index contributed by atoms with van der Waals surface area (Å²) in [6, 6.07) is 5.01. The molecule has 1 rings (SSSR count). The summed E-state index contributed by atoms with van der Waals surface area (Å²) < 4.78 is 10.2. The number of hydrogen-bond acceptors (Lipinski definition) is 4. The van der Waals surface area contributed by atoms with Crippen LogP contribution in [-0.2, 0) is 4.79 Å². The Morgan fingerprint density at radius 2 is 1.89 bits per heavy atom. The number of ketones is 1. The number of carbonyl (C=O) groups is 2. The van der Waals surface area contributed by atoms with E-state index in [1.54, 1.807) is 25.3 Å². The van der Waals surface area contributed by atoms with Gasteiger partial charge in [0.2, 0.25) is 5.91 Å². The lowest BCUT2D eigenvalue weighted by atomic mass is 10.0. The van der Waals surface area contributed by atoms with Crippen molar-refractivity contribution in [2.75, 3.05) is 14.2 Å². The quantitative estimate of drug-likeness (QED) is 0.745. The summed E-state index contributed by atoms with van der Waals surface area (Å²) in [6.45, 7) is 0. The highest BCUT2D eigenvalue weighted by molar-refractivity contribution is 5.99. The van der Waals surface area contributed by atoms with E-state index in [0.717, 1.165) is 0 Å². The van der Waals surface area contributed by atoms with Crippen molar-refractivity contribution in [3.05, 3.63) is 23.8 Å². The summed E-state index contributed by atoms with van der Waals surface area (Å²) in [5, 5.41) is 0. The molecule has 1 aromatic rings. The van der Waals surface area contributed by atoms with Gasteiger partial charge in [-0.15, -0.1) is 0 Å². The number of Topliss-reactive ketones (excluding diaryl/α,β-unsaturated/α-hetero) is 1. The van der Waals surface area contributed by atoms with E-state index in [1.165, 1.54) is 7.11 Å². The molecule has 1 amide bonds. The number of primary amides is 1. The number of amides is 1. The lowest BCUT2D eigenvalue weighted by molar-refractivity contribution is -0.118. The van der Waals surface area contributed by atoms with Gasteiger partial charge in [-0.2, -0.15) is 0 Å². The van der Waals surface area contributed by atoms with Crippen LogP contribution in [0.15, 0.2) is 18.2 Å². The molecular weight excluding hydrogens is 234 g/mol. The molecule has 0 saturated heterocycles. The number of hydrogen-bond donors (Lipinski definition) is 1. The van der Waals surface area contributed by atoms with Crippen LogP contribution in [0.5, 0.6) is 11.5 Å². The Labute approximate surface area is 106 Å². The van der Waals surface area contributed by atoms with Crippen LogP contribution in [-0.4, -0.2) is 25.9 Å². The van der Waals surface area contributed by atoms with Crippen molar-refractivity contribution in [1.29, 1.82) is 0 Å². The summed E-state index contributed by atoms with van der Waals surface area (Å²) in [5.74, 6) is 0.624. The summed E-state index contributed by atoms with van der Waals surface area (Å²) in [4.78, 5) is 22.5. The molecule has 0 radical (unpaired) electrons. The molecule has 0 fully saturated rings. The van der Waals surface area contributed by atoms with Gasteiger partial charge in [-0.3, -0.25) is 9.59 Å². The van der Waals surface area contributed by atoms with Gasteiger partial charge >= 0.3 is 0 Å². The standard InChI is InChI=1S/C13H17NO4/c1-17-9-6-7-10(12(8-9)18-2)11(15)4-3-5-13(14)16/h6-8H,3-5H2,1-2H3,(H2,14,16). The number of carbonyl (C=O) groups excluding carboxylic acids is 2. The molecule has 2 N–H and O–H groups in total. The maximum absolute atomic E-state index is 11.9. The van der Waals surface area contributed by atoms with Gasteiger partial charge < -0.3 is 15.2 Å². The third kappa shape index (κ3) is 3.76. The summed E-state index contributed by atoms with van der Waals surface area (Å²) in [5.41, 5.74) is 5.51. The van der Waals surface area contributed by atoms with Gasteiger partial charge in [-0.25, -0.2) is 0 Å². The van der Waals surface area contributed by atoms with Crippen LogP contribution in [0, 0.1) is 0 Å². The van der Waals surface area contributed by atoms with Crippen LogP contribution in [0.2, 0.25) is 0 Å². The summed E-state index contributed by atoms with van der Waals surface area (Å²) in [7, 11) is 3.04. The molecule has 0 aliphatic carbocycles. The molecule has 5 heteroatoms. The number of nitrogens with two attached hydrogens (primary N) is 1. The minimum absolute atomic E-state index is 0.0734. The molecule has 98 valence electrons. The Bertz CT molecular complexity index is 443. The molecule has 0 aliphatic heterocycles. The molecule has 18 heavy (non-hydrogen) atoms. The molecule has 0 aromatic heterocycles. The molecule has 0 aliphatic rings. The van der Waals surface area contributed by atoms with Gasteiger partial charge in [0.15, 0.2) is 5.78 Å². The average Bonchev–Trinajstić information content (AvgIpc) is 2.37. The van der Waals surface area contributed by atoms with Crippen LogP contribution in [0.3, 0.4) is 0 Å². The van der Waals surface area contributed by atoms with E-state index in [-0.39, 0.29) is 18.6 Å². The van der Waals surface area contributed by atoms with E-state index in [0.29, 0.717) is 23.5 Å². The smallest absolute Gasteiger partial charge is 0.217 e. The Morgan fingerprint density at radius 3 is 2.44 bits per heavy atom. The van der Waals surface area contributed by atoms with E-state index in [9.17, 15) is 9.59 Å². The highest BCUT2D eigenvalue weighted by Crippen LogP contribution is 2.25. The van der Waals surface area contributed by atoms with Crippen LogP contribution in [0.25, 0.3) is 0 Å². The number of ether oxygens (including phenoxy) is 2. The van der Waals surface area contributed by atoms with E-state index in [1.807, 2.05) is 0 Å². The maximum Gasteiger partial charge on any atom is 0.217 e. The van der Waals surface area contributed by atoms with Gasteiger partial charge in [-0.05, 0) is 18.6 Å². The van der Waals surface area contributed by atoms with Crippen molar-refractivity contribution < 1.29 is 19.1 Å². The molecule has 0 bridgehead atoms. The average molecular weight is 251 g/mol. The molecule has 0 saturated carbocycles. The molecule has 0 atom stereocenters. The monoisotopic (exact) mass is 251 g/mol. The number of benzene rings is 1. The molecule has 0 heterocycles. The fraction of sp³-hybridized carbons (Fsp3) is 0.385. The summed E-state index contributed by atoms with van der Waals surface area (Å²) >= 11 is 0. The van der Waals surface area contributed by atoms with Crippen molar-refractivity contribution in [2.24, 2.45) is 5.73 Å². The Hall–Kier alpha value is -2.04. The minimum Gasteiger partial charge on any atom is -0.497 e. The number of rotatable bonds is 7. The maximum atomic E-state index is 11.9. The minimum atomic E-state index is -0.399. The molecule has 0 spiro atoms. The van der Waals surface area contributed by atoms with E-state index < -0.39 is 5.91 Å².